The molecule has 0 aromatic rings. The Labute approximate surface area is 114 Å². The van der Waals surface area contributed by atoms with Gasteiger partial charge in [0.2, 0.25) is 5.91 Å². The lowest BCUT2D eigenvalue weighted by atomic mass is 9.74. The van der Waals surface area contributed by atoms with E-state index in [1.165, 1.54) is 12.2 Å². The average molecular weight is 263 g/mol. The third-order valence-corrected chi connectivity index (χ3v) is 4.19. The van der Waals surface area contributed by atoms with Gasteiger partial charge in [-0.15, -0.1) is 0 Å². The molecule has 1 aliphatic carbocycles. The van der Waals surface area contributed by atoms with Gasteiger partial charge < -0.3 is 0 Å². The zero-order valence-electron chi connectivity index (χ0n) is 11.8. The van der Waals surface area contributed by atoms with Crippen LogP contribution >= 0.6 is 0 Å². The number of carbonyl (C=O) groups excluding carboxylic acids is 2. The molecule has 2 aliphatic rings. The van der Waals surface area contributed by atoms with Crippen molar-refractivity contribution in [1.29, 1.82) is 0 Å². The number of allylic oxidation sites excluding steroid dienone is 2. The van der Waals surface area contributed by atoms with Gasteiger partial charge in [-0.2, -0.15) is 0 Å². The Morgan fingerprint density at radius 3 is 2.79 bits per heavy atom. The van der Waals surface area contributed by atoms with E-state index in [4.69, 9.17) is 4.84 Å². The van der Waals surface area contributed by atoms with Crippen LogP contribution in [0.5, 0.6) is 0 Å². The fourth-order valence-corrected chi connectivity index (χ4v) is 3.25. The second-order valence-corrected chi connectivity index (χ2v) is 5.30. The summed E-state index contributed by atoms with van der Waals surface area (Å²) in [6.45, 7) is 4.05. The second kappa shape index (κ2) is 5.29. The number of unbranched alkanes of at least 4 members (excludes halogenated alkanes) is 1. The highest BCUT2D eigenvalue weighted by Crippen LogP contribution is 2.46. The molecule has 0 aromatic carbocycles. The molecule has 4 nitrogen and oxygen atoms in total. The number of hydrogen-bond donors (Lipinski definition) is 0. The molecule has 1 saturated heterocycles. The molecule has 0 bridgehead atoms. The van der Waals surface area contributed by atoms with Gasteiger partial charge in [0.15, 0.2) is 5.78 Å². The number of hydrogen-bond acceptors (Lipinski definition) is 3. The van der Waals surface area contributed by atoms with E-state index in [9.17, 15) is 9.59 Å². The largest absolute Gasteiger partial charge is 0.290 e. The molecule has 0 N–H and O–H groups in total. The minimum absolute atomic E-state index is 0.00430. The SMILES string of the molecule is CCCC[C@@H]1CC(=O)N(OC)[C@@]12C=CC(=O)C=C2C. The van der Waals surface area contributed by atoms with Crippen LogP contribution in [0.25, 0.3) is 0 Å². The summed E-state index contributed by atoms with van der Waals surface area (Å²) in [6, 6.07) is 0. The number of amides is 1. The van der Waals surface area contributed by atoms with E-state index in [2.05, 4.69) is 6.92 Å². The quantitative estimate of drug-likeness (QED) is 0.782. The summed E-state index contributed by atoms with van der Waals surface area (Å²) in [5, 5.41) is 1.45. The first-order valence-corrected chi connectivity index (χ1v) is 6.85. The Morgan fingerprint density at radius 1 is 1.47 bits per heavy atom. The van der Waals surface area contributed by atoms with Gasteiger partial charge >= 0.3 is 0 Å². The van der Waals surface area contributed by atoms with Crippen LogP contribution in [0.3, 0.4) is 0 Å². The highest BCUT2D eigenvalue weighted by molar-refractivity contribution is 6.02. The fourth-order valence-electron chi connectivity index (χ4n) is 3.25. The predicted octanol–water partition coefficient (Wildman–Crippen LogP) is 2.41. The van der Waals surface area contributed by atoms with Crippen LogP contribution in [0.15, 0.2) is 23.8 Å². The monoisotopic (exact) mass is 263 g/mol. The molecule has 2 rings (SSSR count). The first kappa shape index (κ1) is 14.0. The van der Waals surface area contributed by atoms with Gasteiger partial charge in [-0.25, -0.2) is 5.06 Å². The standard InChI is InChI=1S/C15H21NO3/c1-4-5-6-12-10-14(18)16(19-3)15(12)8-7-13(17)9-11(15)2/h7-9,12H,4-6,10H2,1-3H3/t12-,15-/m1/s1. The van der Waals surface area contributed by atoms with Gasteiger partial charge in [-0.1, -0.05) is 19.8 Å². The molecule has 1 amide bonds. The Kier molecular flexibility index (Phi) is 3.90. The smallest absolute Gasteiger partial charge is 0.247 e. The fraction of sp³-hybridized carbons (Fsp3) is 0.600. The van der Waals surface area contributed by atoms with E-state index in [1.54, 1.807) is 12.2 Å². The van der Waals surface area contributed by atoms with Gasteiger partial charge in [-0.05, 0) is 37.1 Å². The number of nitrogens with zero attached hydrogens (tertiary/aromatic N) is 1. The normalized spacial score (nSPS) is 30.4. The van der Waals surface area contributed by atoms with Crippen molar-refractivity contribution in [3.05, 3.63) is 23.8 Å². The molecule has 0 radical (unpaired) electrons. The van der Waals surface area contributed by atoms with Gasteiger partial charge in [0.05, 0.1) is 7.11 Å². The van der Waals surface area contributed by atoms with Gasteiger partial charge in [-0.3, -0.25) is 14.4 Å². The van der Waals surface area contributed by atoms with E-state index in [0.29, 0.717) is 6.42 Å². The molecule has 0 aromatic heterocycles. The highest BCUT2D eigenvalue weighted by atomic mass is 16.7. The number of hydroxylamine groups is 2. The molecule has 1 spiro atoms. The summed E-state index contributed by atoms with van der Waals surface area (Å²) in [7, 11) is 1.51. The zero-order chi connectivity index (χ0) is 14.0. The molecule has 4 heteroatoms. The van der Waals surface area contributed by atoms with Crippen molar-refractivity contribution >= 4 is 11.7 Å². The molecular formula is C15H21NO3. The van der Waals surface area contributed by atoms with Crippen LogP contribution in [0.4, 0.5) is 0 Å². The minimum atomic E-state index is -0.561. The lowest BCUT2D eigenvalue weighted by molar-refractivity contribution is -0.186. The Hall–Kier alpha value is -1.42. The third-order valence-electron chi connectivity index (χ3n) is 4.19. The predicted molar refractivity (Wildman–Crippen MR) is 72.1 cm³/mol. The topological polar surface area (TPSA) is 46.6 Å². The van der Waals surface area contributed by atoms with E-state index < -0.39 is 5.54 Å². The molecule has 1 aliphatic heterocycles. The summed E-state index contributed by atoms with van der Waals surface area (Å²) in [6.07, 6.45) is 8.63. The molecule has 1 fully saturated rings. The first-order valence-electron chi connectivity index (χ1n) is 6.85. The van der Waals surface area contributed by atoms with Crippen molar-refractivity contribution in [2.24, 2.45) is 5.92 Å². The molecule has 104 valence electrons. The molecule has 2 atom stereocenters. The van der Waals surface area contributed by atoms with Gasteiger partial charge in [0.1, 0.15) is 5.54 Å². The lowest BCUT2D eigenvalue weighted by Crippen LogP contribution is -2.49. The molecule has 0 unspecified atom stereocenters. The van der Waals surface area contributed by atoms with Crippen LogP contribution in [0, 0.1) is 5.92 Å². The summed E-state index contributed by atoms with van der Waals surface area (Å²) in [4.78, 5) is 29.0. The van der Waals surface area contributed by atoms with Gasteiger partial charge in [0, 0.05) is 12.3 Å². The Morgan fingerprint density at radius 2 is 2.21 bits per heavy atom. The maximum atomic E-state index is 12.1. The summed E-state index contributed by atoms with van der Waals surface area (Å²) in [5.41, 5.74) is 0.336. The number of rotatable bonds is 4. The highest BCUT2D eigenvalue weighted by Gasteiger charge is 2.53. The van der Waals surface area contributed by atoms with Crippen molar-refractivity contribution in [2.75, 3.05) is 7.11 Å². The Balaban J connectivity index is 2.40. The van der Waals surface area contributed by atoms with Crippen molar-refractivity contribution in [3.63, 3.8) is 0 Å². The van der Waals surface area contributed by atoms with Crippen molar-refractivity contribution < 1.29 is 14.4 Å². The molecule has 19 heavy (non-hydrogen) atoms. The molecule has 1 heterocycles. The van der Waals surface area contributed by atoms with Gasteiger partial charge in [0.25, 0.3) is 0 Å². The zero-order valence-corrected chi connectivity index (χ0v) is 11.8. The summed E-state index contributed by atoms with van der Waals surface area (Å²) in [5.74, 6) is 0.156. The molecule has 0 saturated carbocycles. The van der Waals surface area contributed by atoms with Crippen LogP contribution in [0.2, 0.25) is 0 Å². The minimum Gasteiger partial charge on any atom is -0.290 e. The van der Waals surface area contributed by atoms with E-state index in [-0.39, 0.29) is 17.6 Å². The van der Waals surface area contributed by atoms with E-state index in [0.717, 1.165) is 24.8 Å². The number of carbonyl (C=O) groups is 2. The maximum absolute atomic E-state index is 12.1. The van der Waals surface area contributed by atoms with Crippen molar-refractivity contribution in [1.82, 2.24) is 5.06 Å². The van der Waals surface area contributed by atoms with E-state index >= 15 is 0 Å². The van der Waals surface area contributed by atoms with Crippen LogP contribution in [-0.2, 0) is 14.4 Å². The van der Waals surface area contributed by atoms with Crippen LogP contribution < -0.4 is 0 Å². The van der Waals surface area contributed by atoms with Crippen molar-refractivity contribution in [3.8, 4) is 0 Å². The average Bonchev–Trinajstić information content (AvgIpc) is 2.64. The summed E-state index contributed by atoms with van der Waals surface area (Å²) >= 11 is 0. The maximum Gasteiger partial charge on any atom is 0.247 e. The van der Waals surface area contributed by atoms with Crippen molar-refractivity contribution in [2.45, 2.75) is 45.1 Å². The third kappa shape index (κ3) is 2.14. The van der Waals surface area contributed by atoms with E-state index in [1.807, 2.05) is 13.0 Å². The summed E-state index contributed by atoms with van der Waals surface area (Å²) < 4.78 is 0. The van der Waals surface area contributed by atoms with Crippen LogP contribution in [0.1, 0.15) is 39.5 Å². The Bertz CT molecular complexity index is 452. The van der Waals surface area contributed by atoms with Crippen LogP contribution in [-0.4, -0.2) is 29.4 Å². The number of ketones is 1. The lowest BCUT2D eigenvalue weighted by Gasteiger charge is -2.40. The first-order chi connectivity index (χ1) is 9.06. The molecular weight excluding hydrogens is 242 g/mol. The second-order valence-electron chi connectivity index (χ2n) is 5.30.